The van der Waals surface area contributed by atoms with E-state index >= 15 is 0 Å². The average molecular weight is 256 g/mol. The molecule has 0 saturated carbocycles. The highest BCUT2D eigenvalue weighted by atomic mass is 16.1. The first-order valence-corrected chi connectivity index (χ1v) is 6.46. The Bertz CT molecular complexity index is 745. The standard InChI is InChI=1S/C14H16N4O/c1-3-6-10-9(2)17-18(13(10)19)14-15-11-7-4-5-8-12(11)16-14/h4-5,7-8,17H,3,6H2,1-2H3,(H,15,16). The van der Waals surface area contributed by atoms with Gasteiger partial charge < -0.3 is 4.98 Å². The summed E-state index contributed by atoms with van der Waals surface area (Å²) in [5, 5.41) is 3.09. The minimum Gasteiger partial charge on any atom is -0.322 e. The largest absolute Gasteiger partial charge is 0.322 e. The predicted molar refractivity (Wildman–Crippen MR) is 74.8 cm³/mol. The number of para-hydroxylation sites is 2. The summed E-state index contributed by atoms with van der Waals surface area (Å²) in [4.78, 5) is 19.9. The second-order valence-corrected chi connectivity index (χ2v) is 4.68. The van der Waals surface area contributed by atoms with E-state index in [1.54, 1.807) is 0 Å². The van der Waals surface area contributed by atoms with Crippen molar-refractivity contribution < 1.29 is 0 Å². The molecule has 2 heterocycles. The summed E-state index contributed by atoms with van der Waals surface area (Å²) in [5.41, 5.74) is 3.51. The quantitative estimate of drug-likeness (QED) is 0.755. The molecule has 3 rings (SSSR count). The van der Waals surface area contributed by atoms with Gasteiger partial charge in [-0.05, 0) is 25.5 Å². The fourth-order valence-corrected chi connectivity index (χ4v) is 2.32. The van der Waals surface area contributed by atoms with Gasteiger partial charge >= 0.3 is 0 Å². The number of nitrogens with one attached hydrogen (secondary N) is 2. The van der Waals surface area contributed by atoms with E-state index in [9.17, 15) is 4.79 Å². The Labute approximate surface area is 110 Å². The second kappa shape index (κ2) is 4.42. The number of nitrogens with zero attached hydrogens (tertiary/aromatic N) is 2. The van der Waals surface area contributed by atoms with Gasteiger partial charge in [0.25, 0.3) is 5.56 Å². The Morgan fingerprint density at radius 3 is 2.84 bits per heavy atom. The van der Waals surface area contributed by atoms with Crippen molar-refractivity contribution in [1.82, 2.24) is 19.7 Å². The van der Waals surface area contributed by atoms with E-state index in [1.807, 2.05) is 31.2 Å². The lowest BCUT2D eigenvalue weighted by atomic mass is 10.1. The summed E-state index contributed by atoms with van der Waals surface area (Å²) in [6.45, 7) is 3.99. The highest BCUT2D eigenvalue weighted by molar-refractivity contribution is 5.75. The molecule has 19 heavy (non-hydrogen) atoms. The zero-order valence-corrected chi connectivity index (χ0v) is 11.0. The van der Waals surface area contributed by atoms with Crippen molar-refractivity contribution in [1.29, 1.82) is 0 Å². The maximum atomic E-state index is 12.3. The molecular formula is C14H16N4O. The number of rotatable bonds is 3. The molecule has 1 aromatic carbocycles. The topological polar surface area (TPSA) is 66.5 Å². The predicted octanol–water partition coefficient (Wildman–Crippen LogP) is 2.30. The minimum atomic E-state index is -0.0154. The van der Waals surface area contributed by atoms with Crippen LogP contribution in [-0.2, 0) is 6.42 Å². The molecule has 2 aromatic heterocycles. The molecule has 0 saturated heterocycles. The Kier molecular flexibility index (Phi) is 2.74. The van der Waals surface area contributed by atoms with E-state index in [-0.39, 0.29) is 5.56 Å². The fraction of sp³-hybridized carbons (Fsp3) is 0.286. The third kappa shape index (κ3) is 1.87. The van der Waals surface area contributed by atoms with Crippen LogP contribution in [0.15, 0.2) is 29.1 Å². The van der Waals surface area contributed by atoms with E-state index in [1.165, 1.54) is 4.68 Å². The highest BCUT2D eigenvalue weighted by Crippen LogP contribution is 2.13. The van der Waals surface area contributed by atoms with Crippen LogP contribution >= 0.6 is 0 Å². The van der Waals surface area contributed by atoms with Gasteiger partial charge in [0.1, 0.15) is 0 Å². The summed E-state index contributed by atoms with van der Waals surface area (Å²) in [6.07, 6.45) is 1.74. The number of hydrogen-bond acceptors (Lipinski definition) is 2. The molecule has 0 radical (unpaired) electrons. The lowest BCUT2D eigenvalue weighted by Crippen LogP contribution is -2.18. The molecule has 0 aliphatic heterocycles. The number of H-pyrrole nitrogens is 2. The third-order valence-electron chi connectivity index (χ3n) is 3.28. The smallest absolute Gasteiger partial charge is 0.277 e. The minimum absolute atomic E-state index is 0.0154. The summed E-state index contributed by atoms with van der Waals surface area (Å²) in [7, 11) is 0. The summed E-state index contributed by atoms with van der Waals surface area (Å²) in [5.74, 6) is 0.539. The first-order valence-electron chi connectivity index (χ1n) is 6.46. The van der Waals surface area contributed by atoms with Gasteiger partial charge in [0.05, 0.1) is 11.0 Å². The molecule has 0 bridgehead atoms. The Hall–Kier alpha value is -2.30. The number of fused-ring (bicyclic) bond motifs is 1. The van der Waals surface area contributed by atoms with Crippen molar-refractivity contribution in [3.8, 4) is 5.95 Å². The molecule has 2 N–H and O–H groups in total. The van der Waals surface area contributed by atoms with E-state index in [0.717, 1.165) is 35.1 Å². The van der Waals surface area contributed by atoms with Crippen molar-refractivity contribution in [3.63, 3.8) is 0 Å². The molecule has 0 aliphatic carbocycles. The van der Waals surface area contributed by atoms with Gasteiger partial charge in [-0.3, -0.25) is 9.89 Å². The van der Waals surface area contributed by atoms with Crippen molar-refractivity contribution in [2.24, 2.45) is 0 Å². The normalized spacial score (nSPS) is 11.3. The molecule has 0 amide bonds. The van der Waals surface area contributed by atoms with E-state index in [2.05, 4.69) is 22.0 Å². The van der Waals surface area contributed by atoms with E-state index in [0.29, 0.717) is 5.95 Å². The van der Waals surface area contributed by atoms with Crippen molar-refractivity contribution >= 4 is 11.0 Å². The van der Waals surface area contributed by atoms with Crippen LogP contribution in [0, 0.1) is 6.92 Å². The van der Waals surface area contributed by atoms with E-state index < -0.39 is 0 Å². The zero-order chi connectivity index (χ0) is 13.4. The molecule has 0 spiro atoms. The third-order valence-corrected chi connectivity index (χ3v) is 3.28. The second-order valence-electron chi connectivity index (χ2n) is 4.68. The van der Waals surface area contributed by atoms with Crippen LogP contribution in [0.3, 0.4) is 0 Å². The Morgan fingerprint density at radius 2 is 2.11 bits per heavy atom. The lowest BCUT2D eigenvalue weighted by Gasteiger charge is -1.93. The maximum Gasteiger partial charge on any atom is 0.277 e. The van der Waals surface area contributed by atoms with Crippen molar-refractivity contribution in [2.75, 3.05) is 0 Å². The molecule has 5 nitrogen and oxygen atoms in total. The van der Waals surface area contributed by atoms with Gasteiger partial charge in [0.15, 0.2) is 0 Å². The molecule has 0 unspecified atom stereocenters. The molecule has 0 fully saturated rings. The van der Waals surface area contributed by atoms with Gasteiger partial charge in [-0.15, -0.1) is 0 Å². The molecule has 3 aromatic rings. The summed E-state index contributed by atoms with van der Waals surface area (Å²) in [6, 6.07) is 7.73. The summed E-state index contributed by atoms with van der Waals surface area (Å²) < 4.78 is 1.49. The SMILES string of the molecule is CCCc1c(C)[nH]n(-c2nc3ccccc3[nH]2)c1=O. The monoisotopic (exact) mass is 256 g/mol. The van der Waals surface area contributed by atoms with Crippen LogP contribution in [-0.4, -0.2) is 19.7 Å². The van der Waals surface area contributed by atoms with Crippen LogP contribution in [0.4, 0.5) is 0 Å². The lowest BCUT2D eigenvalue weighted by molar-refractivity contribution is 0.789. The van der Waals surface area contributed by atoms with Crippen LogP contribution in [0.2, 0.25) is 0 Å². The van der Waals surface area contributed by atoms with Gasteiger partial charge in [-0.1, -0.05) is 25.5 Å². The van der Waals surface area contributed by atoms with E-state index in [4.69, 9.17) is 0 Å². The molecular weight excluding hydrogens is 240 g/mol. The van der Waals surface area contributed by atoms with Gasteiger partial charge in [0, 0.05) is 11.3 Å². The number of imidazole rings is 1. The number of benzene rings is 1. The number of aryl methyl sites for hydroxylation is 1. The maximum absolute atomic E-state index is 12.3. The number of aromatic amines is 2. The average Bonchev–Trinajstić information content (AvgIpc) is 2.94. The first-order chi connectivity index (χ1) is 9.20. The molecule has 0 atom stereocenters. The van der Waals surface area contributed by atoms with Gasteiger partial charge in [-0.25, -0.2) is 4.98 Å². The Balaban J connectivity index is 2.16. The molecule has 5 heteroatoms. The van der Waals surface area contributed by atoms with Crippen LogP contribution in [0.25, 0.3) is 17.0 Å². The number of aromatic nitrogens is 4. The van der Waals surface area contributed by atoms with Gasteiger partial charge in [0.2, 0.25) is 5.95 Å². The number of hydrogen-bond donors (Lipinski definition) is 2. The highest BCUT2D eigenvalue weighted by Gasteiger charge is 2.13. The Morgan fingerprint density at radius 1 is 1.32 bits per heavy atom. The van der Waals surface area contributed by atoms with Gasteiger partial charge in [-0.2, -0.15) is 4.68 Å². The summed E-state index contributed by atoms with van der Waals surface area (Å²) >= 11 is 0. The molecule has 98 valence electrons. The van der Waals surface area contributed by atoms with Crippen molar-refractivity contribution in [3.05, 3.63) is 45.9 Å². The first kappa shape index (κ1) is 11.8. The van der Waals surface area contributed by atoms with Crippen molar-refractivity contribution in [2.45, 2.75) is 26.7 Å². The zero-order valence-electron chi connectivity index (χ0n) is 11.0. The van der Waals surface area contributed by atoms with Crippen LogP contribution in [0.5, 0.6) is 0 Å². The van der Waals surface area contributed by atoms with Crippen LogP contribution in [0.1, 0.15) is 24.6 Å². The fourth-order valence-electron chi connectivity index (χ4n) is 2.32. The van der Waals surface area contributed by atoms with Crippen LogP contribution < -0.4 is 5.56 Å². The molecule has 0 aliphatic rings.